The number of carbonyl (C=O) groups excluding carboxylic acids is 4. The van der Waals surface area contributed by atoms with Crippen LogP contribution in [0.25, 0.3) is 11.1 Å². The van der Waals surface area contributed by atoms with Crippen molar-refractivity contribution in [2.24, 2.45) is 5.92 Å². The van der Waals surface area contributed by atoms with Crippen molar-refractivity contribution in [3.8, 4) is 11.1 Å². The summed E-state index contributed by atoms with van der Waals surface area (Å²) in [4.78, 5) is 49.0. The summed E-state index contributed by atoms with van der Waals surface area (Å²) in [7, 11) is 0. The van der Waals surface area contributed by atoms with Crippen molar-refractivity contribution in [2.75, 3.05) is 0 Å². The second kappa shape index (κ2) is 7.87. The van der Waals surface area contributed by atoms with Gasteiger partial charge >= 0.3 is 0 Å². The minimum atomic E-state index is -1.41. The van der Waals surface area contributed by atoms with E-state index in [4.69, 9.17) is 0 Å². The third-order valence-electron chi connectivity index (χ3n) is 4.94. The Morgan fingerprint density at radius 1 is 0.862 bits per heavy atom. The lowest BCUT2D eigenvalue weighted by atomic mass is 9.97. The summed E-state index contributed by atoms with van der Waals surface area (Å²) in [6.45, 7) is 4.77. The Morgan fingerprint density at radius 2 is 1.48 bits per heavy atom. The van der Waals surface area contributed by atoms with E-state index in [1.54, 1.807) is 56.3 Å². The number of ketones is 1. The highest BCUT2D eigenvalue weighted by atomic mass is 16.4. The number of nitrogens with one attached hydrogen (secondary N) is 2. The predicted octanol–water partition coefficient (Wildman–Crippen LogP) is 0.907. The number of carbonyl (C=O) groups is 4. The van der Waals surface area contributed by atoms with Crippen LogP contribution in [-0.4, -0.2) is 35.7 Å². The summed E-state index contributed by atoms with van der Waals surface area (Å²) >= 11 is 0. The average molecular weight is 393 g/mol. The molecule has 0 heterocycles. The van der Waals surface area contributed by atoms with Gasteiger partial charge in [-0.05, 0) is 24.5 Å². The quantitative estimate of drug-likeness (QED) is 0.646. The highest BCUT2D eigenvalue weighted by molar-refractivity contribution is 6.24. The largest absolute Gasteiger partial charge is 0.548 e. The number of rotatable bonds is 6. The molecule has 0 aliphatic heterocycles. The van der Waals surface area contributed by atoms with Crippen LogP contribution < -0.4 is 15.7 Å². The smallest absolute Gasteiger partial charge is 0.252 e. The highest BCUT2D eigenvalue weighted by Gasteiger charge is 2.32. The Bertz CT molecular complexity index is 1010. The monoisotopic (exact) mass is 393 g/mol. The standard InChI is InChI=1S/C22H22N2O5/c1-11(2)18(21(27)23-12(3)22(28)29)24-20(26)16-10-6-9-15-17(16)13-7-4-5-8-14(13)19(15)25/h4-12,18H,1-3H3,(H,23,27)(H,24,26)(H,28,29)/p-1/t12-,18-/m0/s1. The van der Waals surface area contributed by atoms with Crippen molar-refractivity contribution in [3.63, 3.8) is 0 Å². The molecule has 29 heavy (non-hydrogen) atoms. The number of carboxylic acid groups (broad SMARTS) is 1. The van der Waals surface area contributed by atoms with Crippen LogP contribution in [0.2, 0.25) is 0 Å². The van der Waals surface area contributed by atoms with E-state index >= 15 is 0 Å². The van der Waals surface area contributed by atoms with Gasteiger partial charge in [-0.2, -0.15) is 0 Å². The summed E-state index contributed by atoms with van der Waals surface area (Å²) in [5, 5.41) is 15.9. The third kappa shape index (κ3) is 3.76. The van der Waals surface area contributed by atoms with Crippen LogP contribution in [0.1, 0.15) is 47.1 Å². The molecule has 3 rings (SSSR count). The Morgan fingerprint density at radius 3 is 2.10 bits per heavy atom. The molecule has 0 aromatic heterocycles. The van der Waals surface area contributed by atoms with E-state index in [1.165, 1.54) is 6.92 Å². The van der Waals surface area contributed by atoms with Crippen molar-refractivity contribution in [2.45, 2.75) is 32.9 Å². The zero-order valence-electron chi connectivity index (χ0n) is 16.3. The second-order valence-corrected chi connectivity index (χ2v) is 7.35. The molecule has 0 unspecified atom stereocenters. The molecule has 0 saturated heterocycles. The van der Waals surface area contributed by atoms with Gasteiger partial charge in [0, 0.05) is 22.3 Å². The van der Waals surface area contributed by atoms with Gasteiger partial charge in [0.1, 0.15) is 6.04 Å². The predicted molar refractivity (Wildman–Crippen MR) is 104 cm³/mol. The van der Waals surface area contributed by atoms with Crippen molar-refractivity contribution in [1.82, 2.24) is 10.6 Å². The van der Waals surface area contributed by atoms with Gasteiger partial charge in [-0.1, -0.05) is 50.2 Å². The molecule has 0 fully saturated rings. The first-order valence-corrected chi connectivity index (χ1v) is 9.31. The third-order valence-corrected chi connectivity index (χ3v) is 4.94. The van der Waals surface area contributed by atoms with Crippen LogP contribution in [0, 0.1) is 5.92 Å². The number of hydrogen-bond donors (Lipinski definition) is 2. The molecule has 0 saturated carbocycles. The molecular formula is C22H21N2O5-. The van der Waals surface area contributed by atoms with Crippen molar-refractivity contribution >= 4 is 23.6 Å². The fraction of sp³-hybridized carbons (Fsp3) is 0.273. The maximum absolute atomic E-state index is 13.0. The number of hydrogen-bond acceptors (Lipinski definition) is 5. The van der Waals surface area contributed by atoms with Crippen LogP contribution in [-0.2, 0) is 9.59 Å². The van der Waals surface area contributed by atoms with E-state index in [9.17, 15) is 24.3 Å². The van der Waals surface area contributed by atoms with Gasteiger partial charge in [-0.15, -0.1) is 0 Å². The number of benzene rings is 2. The van der Waals surface area contributed by atoms with Crippen LogP contribution in [0.4, 0.5) is 0 Å². The SMILES string of the molecule is CC(C)[C@H](NC(=O)c1cccc2c1-c1ccccc1C2=O)C(=O)N[C@@H](C)C(=O)[O-]. The van der Waals surface area contributed by atoms with Gasteiger partial charge in [-0.3, -0.25) is 14.4 Å². The molecule has 2 aromatic carbocycles. The molecule has 0 radical (unpaired) electrons. The van der Waals surface area contributed by atoms with E-state index in [0.717, 1.165) is 0 Å². The van der Waals surface area contributed by atoms with Crippen LogP contribution in [0.3, 0.4) is 0 Å². The first-order chi connectivity index (χ1) is 13.7. The molecule has 1 aliphatic carbocycles. The molecule has 2 aromatic rings. The Labute approximate surface area is 168 Å². The normalized spacial score (nSPS) is 14.0. The lowest BCUT2D eigenvalue weighted by Crippen LogP contribution is -2.55. The van der Waals surface area contributed by atoms with Crippen LogP contribution in [0.15, 0.2) is 42.5 Å². The topological polar surface area (TPSA) is 115 Å². The Hall–Kier alpha value is -3.48. The van der Waals surface area contributed by atoms with E-state index < -0.39 is 29.9 Å². The summed E-state index contributed by atoms with van der Waals surface area (Å²) in [6, 6.07) is 9.81. The van der Waals surface area contributed by atoms with E-state index in [1.807, 2.05) is 0 Å². The van der Waals surface area contributed by atoms with Gasteiger partial charge < -0.3 is 20.5 Å². The lowest BCUT2D eigenvalue weighted by molar-refractivity contribution is -0.307. The summed E-state index contributed by atoms with van der Waals surface area (Å²) in [5.41, 5.74) is 2.47. The first-order valence-electron chi connectivity index (χ1n) is 9.31. The molecule has 1 aliphatic rings. The van der Waals surface area contributed by atoms with Crippen LogP contribution >= 0.6 is 0 Å². The minimum absolute atomic E-state index is 0.147. The summed E-state index contributed by atoms with van der Waals surface area (Å²) < 4.78 is 0. The molecule has 2 atom stereocenters. The molecule has 2 N–H and O–H groups in total. The highest BCUT2D eigenvalue weighted by Crippen LogP contribution is 2.38. The number of amides is 2. The number of fused-ring (bicyclic) bond motifs is 3. The van der Waals surface area contributed by atoms with E-state index in [0.29, 0.717) is 22.3 Å². The van der Waals surface area contributed by atoms with Crippen molar-refractivity contribution in [1.29, 1.82) is 0 Å². The van der Waals surface area contributed by atoms with Crippen molar-refractivity contribution in [3.05, 3.63) is 59.2 Å². The van der Waals surface area contributed by atoms with Gasteiger partial charge in [0.15, 0.2) is 5.78 Å². The van der Waals surface area contributed by atoms with Gasteiger partial charge in [0.05, 0.1) is 12.0 Å². The molecule has 150 valence electrons. The molecule has 7 nitrogen and oxygen atoms in total. The maximum atomic E-state index is 13.0. The van der Waals surface area contributed by atoms with E-state index in [-0.39, 0.29) is 17.3 Å². The number of aliphatic carboxylic acids is 1. The van der Waals surface area contributed by atoms with Gasteiger partial charge in [0.25, 0.3) is 5.91 Å². The molecule has 0 bridgehead atoms. The zero-order valence-corrected chi connectivity index (χ0v) is 16.3. The molecule has 2 amide bonds. The summed E-state index contributed by atoms with van der Waals surface area (Å²) in [5.74, 6) is -2.98. The maximum Gasteiger partial charge on any atom is 0.252 e. The molecule has 7 heteroatoms. The fourth-order valence-corrected chi connectivity index (χ4v) is 3.38. The average Bonchev–Trinajstić information content (AvgIpc) is 2.98. The minimum Gasteiger partial charge on any atom is -0.548 e. The lowest BCUT2D eigenvalue weighted by Gasteiger charge is -2.24. The van der Waals surface area contributed by atoms with E-state index in [2.05, 4.69) is 10.6 Å². The Kier molecular flexibility index (Phi) is 5.50. The van der Waals surface area contributed by atoms with Crippen molar-refractivity contribution < 1.29 is 24.3 Å². The van der Waals surface area contributed by atoms with Gasteiger partial charge in [-0.25, -0.2) is 0 Å². The molecule has 0 spiro atoms. The summed E-state index contributed by atoms with van der Waals surface area (Å²) in [6.07, 6.45) is 0. The fourth-order valence-electron chi connectivity index (χ4n) is 3.38. The van der Waals surface area contributed by atoms with Crippen LogP contribution in [0.5, 0.6) is 0 Å². The first kappa shape index (κ1) is 20.3. The zero-order chi connectivity index (χ0) is 21.3. The molecular weight excluding hydrogens is 372 g/mol. The number of carboxylic acids is 1. The van der Waals surface area contributed by atoms with Gasteiger partial charge in [0.2, 0.25) is 5.91 Å². The second-order valence-electron chi connectivity index (χ2n) is 7.35. The Balaban J connectivity index is 1.91.